The molecule has 2 aromatic rings. The second-order valence-corrected chi connectivity index (χ2v) is 6.33. The largest absolute Gasteiger partial charge is 0.493 e. The lowest BCUT2D eigenvalue weighted by Crippen LogP contribution is -2.05. The van der Waals surface area contributed by atoms with Crippen molar-refractivity contribution in [1.82, 2.24) is 14.8 Å². The molecule has 0 unspecified atom stereocenters. The fourth-order valence-electron chi connectivity index (χ4n) is 3.11. The molecule has 0 amide bonds. The van der Waals surface area contributed by atoms with Gasteiger partial charge < -0.3 is 14.0 Å². The van der Waals surface area contributed by atoms with Gasteiger partial charge >= 0.3 is 0 Å². The van der Waals surface area contributed by atoms with Crippen molar-refractivity contribution in [3.05, 3.63) is 35.4 Å². The first kappa shape index (κ1) is 18.0. The highest BCUT2D eigenvalue weighted by molar-refractivity contribution is 5.87. The molecule has 0 saturated carbocycles. The number of methoxy groups -OCH3 is 1. The normalized spacial score (nSPS) is 14.3. The molecule has 1 aromatic carbocycles. The number of fused-ring (bicyclic) bond motifs is 1. The number of nitrogens with zero attached hydrogens (tertiary/aromatic N) is 4. The van der Waals surface area contributed by atoms with Crippen molar-refractivity contribution in [2.45, 2.75) is 45.6 Å². The number of aryl methyl sites for hydroxylation is 1. The summed E-state index contributed by atoms with van der Waals surface area (Å²) >= 11 is 0. The summed E-state index contributed by atoms with van der Waals surface area (Å²) in [6.07, 6.45) is 7.07. The number of hydrogen-bond donors (Lipinski definition) is 0. The maximum absolute atomic E-state index is 9.69. The van der Waals surface area contributed by atoms with Gasteiger partial charge in [-0.05, 0) is 43.0 Å². The third-order valence-corrected chi connectivity index (χ3v) is 4.43. The zero-order chi connectivity index (χ0) is 18.4. The predicted molar refractivity (Wildman–Crippen MR) is 99.8 cm³/mol. The summed E-state index contributed by atoms with van der Waals surface area (Å²) < 4.78 is 13.2. The van der Waals surface area contributed by atoms with Gasteiger partial charge in [-0.15, -0.1) is 10.2 Å². The number of hydrogen-bond acceptors (Lipinski definition) is 5. The van der Waals surface area contributed by atoms with Gasteiger partial charge in [-0.3, -0.25) is 0 Å². The van der Waals surface area contributed by atoms with E-state index in [1.807, 2.05) is 24.3 Å². The smallest absolute Gasteiger partial charge is 0.174 e. The average Bonchev–Trinajstić information content (AvgIpc) is 2.92. The van der Waals surface area contributed by atoms with Crippen molar-refractivity contribution in [3.8, 4) is 17.6 Å². The quantitative estimate of drug-likeness (QED) is 0.738. The monoisotopic (exact) mass is 352 g/mol. The zero-order valence-corrected chi connectivity index (χ0v) is 15.4. The van der Waals surface area contributed by atoms with Crippen molar-refractivity contribution in [2.24, 2.45) is 0 Å². The average molecular weight is 352 g/mol. The van der Waals surface area contributed by atoms with Crippen molar-refractivity contribution in [2.75, 3.05) is 13.7 Å². The van der Waals surface area contributed by atoms with Crippen LogP contribution in [0.25, 0.3) is 11.6 Å². The van der Waals surface area contributed by atoms with Crippen LogP contribution in [0.4, 0.5) is 0 Å². The van der Waals surface area contributed by atoms with Gasteiger partial charge in [0.1, 0.15) is 11.9 Å². The van der Waals surface area contributed by atoms with Gasteiger partial charge in [0.15, 0.2) is 17.3 Å². The summed E-state index contributed by atoms with van der Waals surface area (Å²) in [6.45, 7) is 3.54. The van der Waals surface area contributed by atoms with Crippen LogP contribution in [0.3, 0.4) is 0 Å². The zero-order valence-electron chi connectivity index (χ0n) is 15.4. The van der Waals surface area contributed by atoms with Gasteiger partial charge in [0.05, 0.1) is 19.3 Å². The van der Waals surface area contributed by atoms with E-state index in [2.05, 4.69) is 27.8 Å². The molecule has 0 saturated heterocycles. The van der Waals surface area contributed by atoms with E-state index in [1.165, 1.54) is 6.42 Å². The third kappa shape index (κ3) is 3.88. The molecule has 136 valence electrons. The fraction of sp³-hybridized carbons (Fsp3) is 0.450. The van der Waals surface area contributed by atoms with E-state index >= 15 is 0 Å². The first-order valence-corrected chi connectivity index (χ1v) is 9.12. The van der Waals surface area contributed by atoms with Gasteiger partial charge in [0, 0.05) is 13.0 Å². The molecule has 1 aliphatic heterocycles. The Kier molecular flexibility index (Phi) is 5.90. The van der Waals surface area contributed by atoms with E-state index in [4.69, 9.17) is 9.47 Å². The fourth-order valence-corrected chi connectivity index (χ4v) is 3.11. The van der Waals surface area contributed by atoms with E-state index < -0.39 is 0 Å². The Bertz CT molecular complexity index is 833. The summed E-state index contributed by atoms with van der Waals surface area (Å²) in [7, 11) is 1.62. The van der Waals surface area contributed by atoms with E-state index in [1.54, 1.807) is 7.11 Å². The highest BCUT2D eigenvalue weighted by atomic mass is 16.5. The Morgan fingerprint density at radius 1 is 1.27 bits per heavy atom. The van der Waals surface area contributed by atoms with Crippen LogP contribution in [-0.4, -0.2) is 28.5 Å². The Hall–Kier alpha value is -2.81. The molecule has 0 radical (unpaired) electrons. The molecule has 6 heteroatoms. The number of benzene rings is 1. The first-order valence-electron chi connectivity index (χ1n) is 9.12. The lowest BCUT2D eigenvalue weighted by atomic mass is 10.1. The standard InChI is InChI=1S/C20H24N4O2/c1-3-11-26-18-13-15(8-9-17(18)25-2)12-16(14-21)20-23-22-19-7-5-4-6-10-24(19)20/h8-9,12-13H,3-7,10-11H2,1-2H3/b16-12+. The lowest BCUT2D eigenvalue weighted by Gasteiger charge is -2.11. The van der Waals surface area contributed by atoms with Crippen LogP contribution in [0, 0.1) is 11.3 Å². The summed E-state index contributed by atoms with van der Waals surface area (Å²) in [5.74, 6) is 2.99. The molecular weight excluding hydrogens is 328 g/mol. The molecule has 0 N–H and O–H groups in total. The molecule has 0 atom stereocenters. The Morgan fingerprint density at radius 3 is 2.92 bits per heavy atom. The summed E-state index contributed by atoms with van der Waals surface area (Å²) in [5.41, 5.74) is 1.39. The van der Waals surface area contributed by atoms with Gasteiger partial charge in [-0.25, -0.2) is 0 Å². The SMILES string of the molecule is CCCOc1cc(/C=C(\C#N)c2nnc3n2CCCCC3)ccc1OC. The molecule has 0 bridgehead atoms. The van der Waals surface area contributed by atoms with Gasteiger partial charge in [-0.1, -0.05) is 19.4 Å². The highest BCUT2D eigenvalue weighted by Gasteiger charge is 2.18. The van der Waals surface area contributed by atoms with Crippen LogP contribution in [0.15, 0.2) is 18.2 Å². The van der Waals surface area contributed by atoms with Crippen molar-refractivity contribution >= 4 is 11.6 Å². The van der Waals surface area contributed by atoms with E-state index in [-0.39, 0.29) is 0 Å². The maximum atomic E-state index is 9.69. The Morgan fingerprint density at radius 2 is 2.15 bits per heavy atom. The minimum Gasteiger partial charge on any atom is -0.493 e. The van der Waals surface area contributed by atoms with Crippen molar-refractivity contribution in [1.29, 1.82) is 5.26 Å². The number of rotatable bonds is 6. The minimum absolute atomic E-state index is 0.511. The summed E-state index contributed by atoms with van der Waals surface area (Å²) in [6, 6.07) is 7.94. The molecule has 6 nitrogen and oxygen atoms in total. The van der Waals surface area contributed by atoms with Crippen LogP contribution in [-0.2, 0) is 13.0 Å². The number of ether oxygens (including phenoxy) is 2. The van der Waals surface area contributed by atoms with E-state index in [0.29, 0.717) is 29.5 Å². The molecule has 2 heterocycles. The van der Waals surface area contributed by atoms with Crippen LogP contribution in [0.1, 0.15) is 49.8 Å². The number of allylic oxidation sites excluding steroid dienone is 1. The van der Waals surface area contributed by atoms with E-state index in [9.17, 15) is 5.26 Å². The molecule has 26 heavy (non-hydrogen) atoms. The molecular formula is C20H24N4O2. The third-order valence-electron chi connectivity index (χ3n) is 4.43. The van der Waals surface area contributed by atoms with Crippen LogP contribution in [0.5, 0.6) is 11.5 Å². The second kappa shape index (κ2) is 8.52. The Labute approximate surface area is 154 Å². The predicted octanol–water partition coefficient (Wildman–Crippen LogP) is 3.87. The van der Waals surface area contributed by atoms with Crippen LogP contribution < -0.4 is 9.47 Å². The summed E-state index contributed by atoms with van der Waals surface area (Å²) in [4.78, 5) is 0. The number of nitriles is 1. The lowest BCUT2D eigenvalue weighted by molar-refractivity contribution is 0.294. The van der Waals surface area contributed by atoms with E-state index in [0.717, 1.165) is 43.6 Å². The van der Waals surface area contributed by atoms with Crippen molar-refractivity contribution < 1.29 is 9.47 Å². The molecule has 3 rings (SSSR count). The van der Waals surface area contributed by atoms with Gasteiger partial charge in [-0.2, -0.15) is 5.26 Å². The van der Waals surface area contributed by atoms with Crippen molar-refractivity contribution in [3.63, 3.8) is 0 Å². The summed E-state index contributed by atoms with van der Waals surface area (Å²) in [5, 5.41) is 18.3. The Balaban J connectivity index is 1.95. The van der Waals surface area contributed by atoms with Gasteiger partial charge in [0.25, 0.3) is 0 Å². The molecule has 0 spiro atoms. The highest BCUT2D eigenvalue weighted by Crippen LogP contribution is 2.30. The molecule has 1 aliphatic rings. The molecule has 0 fully saturated rings. The topological polar surface area (TPSA) is 73.0 Å². The minimum atomic E-state index is 0.511. The second-order valence-electron chi connectivity index (χ2n) is 6.33. The first-order chi connectivity index (χ1) is 12.8. The maximum Gasteiger partial charge on any atom is 0.174 e. The van der Waals surface area contributed by atoms with Crippen LogP contribution in [0.2, 0.25) is 0 Å². The number of aromatic nitrogens is 3. The molecule has 1 aromatic heterocycles. The molecule has 0 aliphatic carbocycles. The van der Waals surface area contributed by atoms with Gasteiger partial charge in [0.2, 0.25) is 0 Å². The van der Waals surface area contributed by atoms with Crippen LogP contribution >= 0.6 is 0 Å².